The third kappa shape index (κ3) is 5.68. The minimum absolute atomic E-state index is 0.0638. The number of hydrogen-bond acceptors (Lipinski definition) is 6. The molecule has 7 heteroatoms. The highest BCUT2D eigenvalue weighted by Gasteiger charge is 2.22. The summed E-state index contributed by atoms with van der Waals surface area (Å²) in [6.45, 7) is 4.21. The van der Waals surface area contributed by atoms with Crippen molar-refractivity contribution in [3.63, 3.8) is 0 Å². The number of aromatic amines is 1. The first-order valence-corrected chi connectivity index (χ1v) is 6.79. The van der Waals surface area contributed by atoms with Crippen LogP contribution >= 0.6 is 0 Å². The molecule has 0 aliphatic rings. The number of carbonyl (C=O) groups is 1. The average Bonchev–Trinajstić information content (AvgIpc) is 2.95. The van der Waals surface area contributed by atoms with E-state index in [9.17, 15) is 9.90 Å². The van der Waals surface area contributed by atoms with Gasteiger partial charge in [-0.25, -0.2) is 4.98 Å². The molecule has 0 bridgehead atoms. The number of nitrogens with zero attached hydrogens (tertiary/aromatic N) is 1. The summed E-state index contributed by atoms with van der Waals surface area (Å²) in [5, 5.41) is 12.9. The molecule has 3 atom stereocenters. The summed E-state index contributed by atoms with van der Waals surface area (Å²) >= 11 is 0. The highest BCUT2D eigenvalue weighted by Crippen LogP contribution is 2.12. The van der Waals surface area contributed by atoms with E-state index in [1.165, 1.54) is 0 Å². The van der Waals surface area contributed by atoms with E-state index in [1.54, 1.807) is 19.6 Å². The molecule has 0 saturated carbocycles. The first-order chi connectivity index (χ1) is 9.54. The van der Waals surface area contributed by atoms with Gasteiger partial charge in [-0.2, -0.15) is 5.48 Å². The number of carbonyl (C=O) groups excluding carboxylic acids is 1. The maximum atomic E-state index is 11.6. The smallest absolute Gasteiger partial charge is 0.325 e. The highest BCUT2D eigenvalue weighted by atomic mass is 16.7. The van der Waals surface area contributed by atoms with E-state index in [4.69, 9.17) is 4.84 Å². The van der Waals surface area contributed by atoms with Gasteiger partial charge in [-0.15, -0.1) is 0 Å². The zero-order chi connectivity index (χ0) is 15.0. The maximum Gasteiger partial charge on any atom is 0.325 e. The Labute approximate surface area is 119 Å². The molecular formula is C13H24N4O3. The van der Waals surface area contributed by atoms with E-state index in [0.29, 0.717) is 13.0 Å². The van der Waals surface area contributed by atoms with Gasteiger partial charge >= 0.3 is 5.97 Å². The van der Waals surface area contributed by atoms with Crippen molar-refractivity contribution in [2.24, 2.45) is 5.92 Å². The molecular weight excluding hydrogens is 260 g/mol. The van der Waals surface area contributed by atoms with E-state index in [2.05, 4.69) is 20.8 Å². The maximum absolute atomic E-state index is 11.6. The molecule has 0 spiro atoms. The molecule has 1 rings (SSSR count). The quantitative estimate of drug-likeness (QED) is 0.376. The van der Waals surface area contributed by atoms with Crippen LogP contribution in [-0.4, -0.2) is 46.8 Å². The lowest BCUT2D eigenvalue weighted by Crippen LogP contribution is -2.40. The van der Waals surface area contributed by atoms with Crippen LogP contribution in [0.25, 0.3) is 0 Å². The van der Waals surface area contributed by atoms with Crippen molar-refractivity contribution in [3.05, 3.63) is 18.2 Å². The van der Waals surface area contributed by atoms with Gasteiger partial charge in [0.15, 0.2) is 0 Å². The highest BCUT2D eigenvalue weighted by molar-refractivity contribution is 5.69. The van der Waals surface area contributed by atoms with Crippen LogP contribution in [0.15, 0.2) is 12.5 Å². The Kier molecular flexibility index (Phi) is 7.21. The van der Waals surface area contributed by atoms with Gasteiger partial charge in [-0.05, 0) is 19.9 Å². The van der Waals surface area contributed by atoms with Gasteiger partial charge in [0.1, 0.15) is 0 Å². The van der Waals surface area contributed by atoms with Crippen LogP contribution in [0.2, 0.25) is 0 Å². The zero-order valence-corrected chi connectivity index (χ0v) is 12.2. The van der Waals surface area contributed by atoms with Crippen molar-refractivity contribution >= 4 is 5.97 Å². The first-order valence-electron chi connectivity index (χ1n) is 6.79. The van der Waals surface area contributed by atoms with Gasteiger partial charge in [0.05, 0.1) is 18.9 Å². The minimum Gasteiger partial charge on any atom is -0.391 e. The van der Waals surface area contributed by atoms with Crippen molar-refractivity contribution < 1.29 is 14.7 Å². The molecule has 1 aromatic rings. The van der Waals surface area contributed by atoms with Crippen LogP contribution in [0.5, 0.6) is 0 Å². The lowest BCUT2D eigenvalue weighted by molar-refractivity contribution is -0.153. The van der Waals surface area contributed by atoms with Crippen LogP contribution < -0.4 is 10.8 Å². The van der Waals surface area contributed by atoms with Gasteiger partial charge in [-0.3, -0.25) is 4.79 Å². The topological polar surface area (TPSA) is 99.3 Å². The molecule has 0 fully saturated rings. The Morgan fingerprint density at radius 2 is 2.30 bits per heavy atom. The standard InChI is InChI=1S/C13H24N4O3/c1-9(13(19)10(2)14-3)6-12(18)20-17-5-4-11-7-15-8-16-11/h7-10,13-14,17,19H,4-6H2,1-3H3,(H,15,16)/t9-,10+,13-/m1/s1. The summed E-state index contributed by atoms with van der Waals surface area (Å²) in [5.41, 5.74) is 3.59. The number of aliphatic hydroxyl groups excluding tert-OH is 1. The van der Waals surface area contributed by atoms with Crippen LogP contribution in [0.3, 0.4) is 0 Å². The number of aliphatic hydroxyl groups is 1. The van der Waals surface area contributed by atoms with Crippen molar-refractivity contribution in [2.75, 3.05) is 13.6 Å². The molecule has 1 aromatic heterocycles. The summed E-state index contributed by atoms with van der Waals surface area (Å²) in [4.78, 5) is 23.4. The number of aromatic nitrogens is 2. The Hall–Kier alpha value is -1.44. The van der Waals surface area contributed by atoms with E-state index >= 15 is 0 Å². The number of likely N-dealkylation sites (N-methyl/N-ethyl adjacent to an activating group) is 1. The first kappa shape index (κ1) is 16.6. The van der Waals surface area contributed by atoms with Crippen LogP contribution in [0.4, 0.5) is 0 Å². The Balaban J connectivity index is 2.16. The molecule has 114 valence electrons. The summed E-state index contributed by atoms with van der Waals surface area (Å²) in [5.74, 6) is -0.538. The monoisotopic (exact) mass is 284 g/mol. The number of imidazole rings is 1. The summed E-state index contributed by atoms with van der Waals surface area (Å²) < 4.78 is 0. The Bertz CT molecular complexity index is 383. The molecule has 4 N–H and O–H groups in total. The van der Waals surface area contributed by atoms with Gasteiger partial charge in [-0.1, -0.05) is 6.92 Å². The van der Waals surface area contributed by atoms with Crippen LogP contribution in [0, 0.1) is 5.92 Å². The van der Waals surface area contributed by atoms with Crippen molar-refractivity contribution in [1.29, 1.82) is 0 Å². The number of hydroxylamine groups is 1. The Morgan fingerprint density at radius 3 is 2.90 bits per heavy atom. The fourth-order valence-corrected chi connectivity index (χ4v) is 1.83. The summed E-state index contributed by atoms with van der Waals surface area (Å²) in [7, 11) is 1.77. The van der Waals surface area contributed by atoms with E-state index in [0.717, 1.165) is 5.69 Å². The number of H-pyrrole nitrogens is 1. The van der Waals surface area contributed by atoms with Crippen molar-refractivity contribution in [2.45, 2.75) is 38.8 Å². The fourth-order valence-electron chi connectivity index (χ4n) is 1.83. The third-order valence-electron chi connectivity index (χ3n) is 3.28. The fraction of sp³-hybridized carbons (Fsp3) is 0.692. The molecule has 7 nitrogen and oxygen atoms in total. The second-order valence-electron chi connectivity index (χ2n) is 4.94. The predicted molar refractivity (Wildman–Crippen MR) is 74.7 cm³/mol. The van der Waals surface area contributed by atoms with Crippen molar-refractivity contribution in [1.82, 2.24) is 20.8 Å². The molecule has 0 unspecified atom stereocenters. The molecule has 0 aromatic carbocycles. The van der Waals surface area contributed by atoms with Crippen LogP contribution in [0.1, 0.15) is 26.0 Å². The van der Waals surface area contributed by atoms with Crippen LogP contribution in [-0.2, 0) is 16.1 Å². The summed E-state index contributed by atoms with van der Waals surface area (Å²) in [6.07, 6.45) is 3.61. The number of rotatable bonds is 9. The number of nitrogens with one attached hydrogen (secondary N) is 3. The lowest BCUT2D eigenvalue weighted by atomic mass is 9.96. The van der Waals surface area contributed by atoms with Gasteiger partial charge in [0.2, 0.25) is 0 Å². The predicted octanol–water partition coefficient (Wildman–Crippen LogP) is -0.00500. The Morgan fingerprint density at radius 1 is 1.55 bits per heavy atom. The van der Waals surface area contributed by atoms with E-state index < -0.39 is 6.10 Å². The second kappa shape index (κ2) is 8.68. The summed E-state index contributed by atoms with van der Waals surface area (Å²) in [6, 6.07) is -0.0638. The molecule has 1 heterocycles. The zero-order valence-electron chi connectivity index (χ0n) is 12.2. The second-order valence-corrected chi connectivity index (χ2v) is 4.94. The van der Waals surface area contributed by atoms with E-state index in [1.807, 2.05) is 13.8 Å². The van der Waals surface area contributed by atoms with E-state index in [-0.39, 0.29) is 24.3 Å². The average molecular weight is 284 g/mol. The molecule has 0 saturated heterocycles. The molecule has 0 aliphatic heterocycles. The minimum atomic E-state index is -0.586. The van der Waals surface area contributed by atoms with Gasteiger partial charge < -0.3 is 20.2 Å². The molecule has 20 heavy (non-hydrogen) atoms. The van der Waals surface area contributed by atoms with Gasteiger partial charge in [0, 0.05) is 30.9 Å². The number of hydrogen-bond donors (Lipinski definition) is 4. The van der Waals surface area contributed by atoms with Gasteiger partial charge in [0.25, 0.3) is 0 Å². The lowest BCUT2D eigenvalue weighted by Gasteiger charge is -2.23. The molecule has 0 aliphatic carbocycles. The molecule has 0 radical (unpaired) electrons. The van der Waals surface area contributed by atoms with Crippen molar-refractivity contribution in [3.8, 4) is 0 Å². The molecule has 0 amide bonds. The normalized spacial score (nSPS) is 15.6. The third-order valence-corrected chi connectivity index (χ3v) is 3.28. The largest absolute Gasteiger partial charge is 0.391 e. The SMILES string of the molecule is CN[C@@H](C)[C@H](O)[C@H](C)CC(=O)ONCCc1cnc[nH]1.